The highest BCUT2D eigenvalue weighted by Crippen LogP contribution is 2.61. The predicted molar refractivity (Wildman–Crippen MR) is 69.2 cm³/mol. The molecule has 0 saturated heterocycles. The standard InChI is InChI=1S/C16H19NO2/c17-8-13-4-14(9-18)19-15(13)16-5-10-1-11(6-16)3-12(2-10)7-16/h4,10-12,18H,1-3,5-7,9H2. The zero-order chi connectivity index (χ0) is 13.0. The monoisotopic (exact) mass is 257 g/mol. The van der Waals surface area contributed by atoms with Gasteiger partial charge in [0.05, 0.1) is 5.56 Å². The van der Waals surface area contributed by atoms with E-state index < -0.39 is 0 Å². The molecule has 4 bridgehead atoms. The van der Waals surface area contributed by atoms with Crippen LogP contribution in [-0.4, -0.2) is 5.11 Å². The van der Waals surface area contributed by atoms with E-state index in [1.807, 2.05) is 0 Å². The lowest BCUT2D eigenvalue weighted by Gasteiger charge is -2.56. The van der Waals surface area contributed by atoms with Crippen LogP contribution in [0.25, 0.3) is 0 Å². The van der Waals surface area contributed by atoms with Gasteiger partial charge in [0.1, 0.15) is 24.2 Å². The van der Waals surface area contributed by atoms with E-state index in [2.05, 4.69) is 6.07 Å². The van der Waals surface area contributed by atoms with Crippen molar-refractivity contribution in [3.05, 3.63) is 23.2 Å². The van der Waals surface area contributed by atoms with Crippen molar-refractivity contribution >= 4 is 0 Å². The summed E-state index contributed by atoms with van der Waals surface area (Å²) >= 11 is 0. The Morgan fingerprint density at radius 1 is 1.21 bits per heavy atom. The van der Waals surface area contributed by atoms with Crippen molar-refractivity contribution in [2.75, 3.05) is 0 Å². The molecule has 4 fully saturated rings. The minimum absolute atomic E-state index is 0.104. The average molecular weight is 257 g/mol. The first kappa shape index (κ1) is 11.5. The van der Waals surface area contributed by atoms with Gasteiger partial charge in [-0.05, 0) is 56.3 Å². The second-order valence-corrected chi connectivity index (χ2v) is 6.92. The summed E-state index contributed by atoms with van der Waals surface area (Å²) in [6.07, 6.45) is 7.71. The number of nitrogens with zero attached hydrogens (tertiary/aromatic N) is 1. The highest BCUT2D eigenvalue weighted by molar-refractivity contribution is 5.39. The van der Waals surface area contributed by atoms with E-state index in [4.69, 9.17) is 4.42 Å². The maximum absolute atomic E-state index is 9.34. The molecule has 1 heterocycles. The second-order valence-electron chi connectivity index (χ2n) is 6.92. The molecular formula is C16H19NO2. The van der Waals surface area contributed by atoms with Gasteiger partial charge in [-0.3, -0.25) is 0 Å². The quantitative estimate of drug-likeness (QED) is 0.885. The summed E-state index contributed by atoms with van der Waals surface area (Å²) < 4.78 is 5.87. The van der Waals surface area contributed by atoms with Crippen molar-refractivity contribution in [1.82, 2.24) is 0 Å². The number of furan rings is 1. The molecule has 1 aromatic heterocycles. The highest BCUT2D eigenvalue weighted by atomic mass is 16.4. The summed E-state index contributed by atoms with van der Waals surface area (Å²) in [7, 11) is 0. The van der Waals surface area contributed by atoms with Crippen molar-refractivity contribution in [3.63, 3.8) is 0 Å². The molecule has 0 amide bonds. The van der Waals surface area contributed by atoms with Crippen molar-refractivity contribution in [1.29, 1.82) is 5.26 Å². The first-order valence-electron chi connectivity index (χ1n) is 7.36. The molecule has 0 radical (unpaired) electrons. The largest absolute Gasteiger partial charge is 0.462 e. The van der Waals surface area contributed by atoms with Crippen LogP contribution in [0.15, 0.2) is 10.5 Å². The third-order valence-corrected chi connectivity index (χ3v) is 5.58. The van der Waals surface area contributed by atoms with Crippen molar-refractivity contribution in [2.24, 2.45) is 17.8 Å². The first-order chi connectivity index (χ1) is 9.22. The van der Waals surface area contributed by atoms with Gasteiger partial charge >= 0.3 is 0 Å². The van der Waals surface area contributed by atoms with E-state index in [9.17, 15) is 10.4 Å². The van der Waals surface area contributed by atoms with Gasteiger partial charge in [-0.1, -0.05) is 0 Å². The van der Waals surface area contributed by atoms with E-state index >= 15 is 0 Å². The number of hydrogen-bond acceptors (Lipinski definition) is 3. The van der Waals surface area contributed by atoms with Gasteiger partial charge in [0.15, 0.2) is 0 Å². The van der Waals surface area contributed by atoms with Crippen LogP contribution in [0, 0.1) is 29.1 Å². The third-order valence-electron chi connectivity index (χ3n) is 5.58. The molecule has 0 spiro atoms. The molecule has 3 nitrogen and oxygen atoms in total. The third kappa shape index (κ3) is 1.59. The summed E-state index contributed by atoms with van der Waals surface area (Å²) in [4.78, 5) is 0. The lowest BCUT2D eigenvalue weighted by molar-refractivity contribution is -0.0162. The zero-order valence-corrected chi connectivity index (χ0v) is 11.1. The Bertz CT molecular complexity index is 516. The molecule has 5 rings (SSSR count). The van der Waals surface area contributed by atoms with Crippen LogP contribution in [0.2, 0.25) is 0 Å². The SMILES string of the molecule is N#Cc1cc(CO)oc1C12CC3CC(CC(C3)C1)C2. The van der Waals surface area contributed by atoms with Gasteiger partial charge in [-0.25, -0.2) is 0 Å². The molecule has 4 saturated carbocycles. The molecule has 0 aromatic carbocycles. The van der Waals surface area contributed by atoms with E-state index in [1.165, 1.54) is 38.5 Å². The van der Waals surface area contributed by atoms with Gasteiger partial charge in [0, 0.05) is 11.5 Å². The summed E-state index contributed by atoms with van der Waals surface area (Å²) in [5.41, 5.74) is 0.763. The second kappa shape index (κ2) is 3.86. The summed E-state index contributed by atoms with van der Waals surface area (Å²) in [6, 6.07) is 4.00. The average Bonchev–Trinajstić information content (AvgIpc) is 2.81. The summed E-state index contributed by atoms with van der Waals surface area (Å²) in [5.74, 6) is 3.93. The number of rotatable bonds is 2. The van der Waals surface area contributed by atoms with Gasteiger partial charge in [0.2, 0.25) is 0 Å². The van der Waals surface area contributed by atoms with Crippen LogP contribution in [0.3, 0.4) is 0 Å². The molecule has 100 valence electrons. The predicted octanol–water partition coefficient (Wildman–Crippen LogP) is 3.11. The number of hydrogen-bond donors (Lipinski definition) is 1. The lowest BCUT2D eigenvalue weighted by Crippen LogP contribution is -2.48. The Labute approximate surface area is 113 Å². The van der Waals surface area contributed by atoms with Gasteiger partial charge in [-0.2, -0.15) is 5.26 Å². The zero-order valence-electron chi connectivity index (χ0n) is 11.1. The highest BCUT2D eigenvalue weighted by Gasteiger charge is 2.54. The molecule has 19 heavy (non-hydrogen) atoms. The number of aliphatic hydroxyl groups excluding tert-OH is 1. The first-order valence-corrected chi connectivity index (χ1v) is 7.36. The number of nitriles is 1. The van der Waals surface area contributed by atoms with E-state index in [1.54, 1.807) is 6.07 Å². The van der Waals surface area contributed by atoms with E-state index in [-0.39, 0.29) is 12.0 Å². The summed E-state index contributed by atoms with van der Waals surface area (Å²) in [6.45, 7) is -0.110. The topological polar surface area (TPSA) is 57.2 Å². The van der Waals surface area contributed by atoms with Gasteiger partial charge in [-0.15, -0.1) is 0 Å². The Morgan fingerprint density at radius 3 is 2.26 bits per heavy atom. The fourth-order valence-corrected chi connectivity index (χ4v) is 5.39. The van der Waals surface area contributed by atoms with Crippen LogP contribution in [0.5, 0.6) is 0 Å². The van der Waals surface area contributed by atoms with E-state index in [0.29, 0.717) is 11.3 Å². The van der Waals surface area contributed by atoms with Crippen molar-refractivity contribution in [2.45, 2.75) is 50.5 Å². The van der Waals surface area contributed by atoms with Crippen LogP contribution in [0.1, 0.15) is 55.6 Å². The minimum Gasteiger partial charge on any atom is -0.462 e. The fraction of sp³-hybridized carbons (Fsp3) is 0.688. The van der Waals surface area contributed by atoms with Gasteiger partial charge in [0.25, 0.3) is 0 Å². The molecule has 1 aromatic rings. The van der Waals surface area contributed by atoms with Crippen LogP contribution in [-0.2, 0) is 12.0 Å². The molecule has 4 aliphatic carbocycles. The lowest BCUT2D eigenvalue weighted by atomic mass is 9.49. The Hall–Kier alpha value is -1.27. The molecule has 0 atom stereocenters. The van der Waals surface area contributed by atoms with Crippen LogP contribution < -0.4 is 0 Å². The normalized spacial score (nSPS) is 39.5. The maximum Gasteiger partial charge on any atom is 0.130 e. The minimum atomic E-state index is -0.110. The molecular weight excluding hydrogens is 238 g/mol. The maximum atomic E-state index is 9.34. The molecule has 3 heteroatoms. The smallest absolute Gasteiger partial charge is 0.130 e. The van der Waals surface area contributed by atoms with Crippen LogP contribution in [0.4, 0.5) is 0 Å². The van der Waals surface area contributed by atoms with E-state index in [0.717, 1.165) is 23.5 Å². The molecule has 4 aliphatic rings. The molecule has 0 unspecified atom stereocenters. The van der Waals surface area contributed by atoms with Crippen molar-refractivity contribution < 1.29 is 9.52 Å². The Balaban J connectivity index is 1.79. The van der Waals surface area contributed by atoms with Crippen LogP contribution >= 0.6 is 0 Å². The Kier molecular flexibility index (Phi) is 2.35. The summed E-state index contributed by atoms with van der Waals surface area (Å²) in [5, 5.41) is 18.6. The van der Waals surface area contributed by atoms with Crippen molar-refractivity contribution in [3.8, 4) is 6.07 Å². The molecule has 1 N–H and O–H groups in total. The molecule has 0 aliphatic heterocycles. The van der Waals surface area contributed by atoms with Gasteiger partial charge < -0.3 is 9.52 Å². The number of aliphatic hydroxyl groups is 1. The fourth-order valence-electron chi connectivity index (χ4n) is 5.39. The Morgan fingerprint density at radius 2 is 1.79 bits per heavy atom.